The molecule has 0 amide bonds. The first kappa shape index (κ1) is 19.5. The predicted molar refractivity (Wildman–Crippen MR) is 97.8 cm³/mol. The van der Waals surface area contributed by atoms with Gasteiger partial charge in [-0.15, -0.1) is 0 Å². The lowest BCUT2D eigenvalue weighted by Crippen LogP contribution is -2.04. The molecule has 146 valence electrons. The van der Waals surface area contributed by atoms with Crippen LogP contribution in [0.5, 0.6) is 5.75 Å². The molecule has 28 heavy (non-hydrogen) atoms. The number of halogens is 3. The van der Waals surface area contributed by atoms with E-state index in [1.165, 1.54) is 12.1 Å². The highest BCUT2D eigenvalue weighted by Gasteiger charge is 2.29. The summed E-state index contributed by atoms with van der Waals surface area (Å²) in [6.45, 7) is 2.26. The third kappa shape index (κ3) is 5.35. The molecule has 0 unspecified atom stereocenters. The minimum absolute atomic E-state index is 0.0842. The number of H-pyrrole nitrogens is 1. The summed E-state index contributed by atoms with van der Waals surface area (Å²) in [5.41, 5.74) is 2.28. The zero-order chi connectivity index (χ0) is 20.0. The van der Waals surface area contributed by atoms with Crippen molar-refractivity contribution in [1.82, 2.24) is 9.97 Å². The maximum absolute atomic E-state index is 12.5. The van der Waals surface area contributed by atoms with Crippen LogP contribution in [0.25, 0.3) is 0 Å². The Kier molecular flexibility index (Phi) is 5.98. The van der Waals surface area contributed by atoms with Crippen molar-refractivity contribution in [2.75, 3.05) is 0 Å². The first-order chi connectivity index (χ1) is 13.4. The molecule has 3 aromatic rings. The number of rotatable bonds is 7. The van der Waals surface area contributed by atoms with E-state index in [4.69, 9.17) is 9.57 Å². The fraction of sp³-hybridized carbons (Fsp3) is 0.200. The molecule has 0 bridgehead atoms. The Hall–Kier alpha value is -3.29. The number of alkyl halides is 3. The Bertz CT molecular complexity index is 903. The molecule has 0 atom stereocenters. The number of hydrogen-bond donors (Lipinski definition) is 1. The monoisotopic (exact) mass is 389 g/mol. The van der Waals surface area contributed by atoms with E-state index < -0.39 is 11.7 Å². The number of hydrogen-bond acceptors (Lipinski definition) is 4. The molecule has 0 aliphatic rings. The molecule has 0 spiro atoms. The number of aromatic nitrogens is 2. The number of aromatic amines is 1. The van der Waals surface area contributed by atoms with Gasteiger partial charge in [-0.25, -0.2) is 4.98 Å². The molecule has 0 fully saturated rings. The molecule has 3 rings (SSSR count). The summed E-state index contributed by atoms with van der Waals surface area (Å²) in [5, 5.41) is 4.02. The molecule has 1 heterocycles. The molecule has 0 saturated heterocycles. The molecule has 8 heteroatoms. The largest absolute Gasteiger partial charge is 0.487 e. The van der Waals surface area contributed by atoms with Crippen LogP contribution in [0.3, 0.4) is 0 Å². The summed E-state index contributed by atoms with van der Waals surface area (Å²) in [4.78, 5) is 12.1. The zero-order valence-corrected chi connectivity index (χ0v) is 15.0. The third-order valence-electron chi connectivity index (χ3n) is 3.94. The highest BCUT2D eigenvalue weighted by Crippen LogP contribution is 2.29. The van der Waals surface area contributed by atoms with Gasteiger partial charge in [0.1, 0.15) is 19.0 Å². The van der Waals surface area contributed by atoms with Crippen molar-refractivity contribution >= 4 is 5.71 Å². The van der Waals surface area contributed by atoms with Crippen molar-refractivity contribution in [3.63, 3.8) is 0 Å². The summed E-state index contributed by atoms with van der Waals surface area (Å²) in [5.74, 6) is 0.705. The zero-order valence-electron chi connectivity index (χ0n) is 15.0. The highest BCUT2D eigenvalue weighted by atomic mass is 19.4. The molecule has 0 saturated carbocycles. The second-order valence-corrected chi connectivity index (χ2v) is 6.03. The number of benzene rings is 2. The van der Waals surface area contributed by atoms with Gasteiger partial charge in [-0.2, -0.15) is 13.2 Å². The Labute approximate surface area is 159 Å². The Morgan fingerprint density at radius 2 is 1.75 bits per heavy atom. The van der Waals surface area contributed by atoms with Crippen LogP contribution in [-0.2, 0) is 24.2 Å². The van der Waals surface area contributed by atoms with E-state index >= 15 is 0 Å². The molecule has 0 aliphatic heterocycles. The lowest BCUT2D eigenvalue weighted by atomic mass is 10.1. The van der Waals surface area contributed by atoms with Crippen LogP contribution < -0.4 is 4.74 Å². The van der Waals surface area contributed by atoms with Gasteiger partial charge in [0.15, 0.2) is 0 Å². The number of ether oxygens (including phenoxy) is 1. The van der Waals surface area contributed by atoms with Gasteiger partial charge in [0, 0.05) is 0 Å². The molecule has 0 aliphatic carbocycles. The normalized spacial score (nSPS) is 12.1. The third-order valence-corrected chi connectivity index (χ3v) is 3.94. The minimum atomic E-state index is -4.34. The number of oxime groups is 1. The Morgan fingerprint density at radius 3 is 2.36 bits per heavy atom. The topological polar surface area (TPSA) is 59.5 Å². The summed E-state index contributed by atoms with van der Waals surface area (Å²) < 4.78 is 43.3. The number of nitrogens with one attached hydrogen (secondary N) is 1. The van der Waals surface area contributed by atoms with Crippen LogP contribution in [0, 0.1) is 0 Å². The van der Waals surface area contributed by atoms with Crippen LogP contribution >= 0.6 is 0 Å². The van der Waals surface area contributed by atoms with Gasteiger partial charge < -0.3 is 14.6 Å². The van der Waals surface area contributed by atoms with Gasteiger partial charge in [-0.1, -0.05) is 17.3 Å². The molecule has 2 aromatic carbocycles. The van der Waals surface area contributed by atoms with Crippen LogP contribution in [0.2, 0.25) is 0 Å². The first-order valence-corrected chi connectivity index (χ1v) is 8.45. The fourth-order valence-electron chi connectivity index (χ4n) is 2.36. The number of imidazole rings is 1. The number of nitrogens with zero attached hydrogens (tertiary/aromatic N) is 2. The van der Waals surface area contributed by atoms with E-state index in [9.17, 15) is 13.2 Å². The lowest BCUT2D eigenvalue weighted by Gasteiger charge is -2.08. The second-order valence-electron chi connectivity index (χ2n) is 6.03. The van der Waals surface area contributed by atoms with E-state index in [0.717, 1.165) is 23.4 Å². The molecule has 5 nitrogen and oxygen atoms in total. The lowest BCUT2D eigenvalue weighted by molar-refractivity contribution is -0.137. The average molecular weight is 389 g/mol. The van der Waals surface area contributed by atoms with E-state index in [1.54, 1.807) is 19.4 Å². The maximum Gasteiger partial charge on any atom is 0.416 e. The summed E-state index contributed by atoms with van der Waals surface area (Å²) >= 11 is 0. The predicted octanol–water partition coefficient (Wildman–Crippen LogP) is 4.95. The smallest absolute Gasteiger partial charge is 0.416 e. The van der Waals surface area contributed by atoms with Crippen molar-refractivity contribution in [3.05, 3.63) is 83.4 Å². The van der Waals surface area contributed by atoms with Crippen molar-refractivity contribution in [2.24, 2.45) is 5.16 Å². The van der Waals surface area contributed by atoms with Gasteiger partial charge >= 0.3 is 6.18 Å². The van der Waals surface area contributed by atoms with Gasteiger partial charge in [-0.3, -0.25) is 0 Å². The second kappa shape index (κ2) is 8.60. The average Bonchev–Trinajstić information content (AvgIpc) is 3.20. The van der Waals surface area contributed by atoms with Crippen molar-refractivity contribution in [2.45, 2.75) is 26.3 Å². The highest BCUT2D eigenvalue weighted by molar-refractivity contribution is 5.98. The van der Waals surface area contributed by atoms with E-state index in [0.29, 0.717) is 23.6 Å². The van der Waals surface area contributed by atoms with Gasteiger partial charge in [-0.05, 0) is 54.4 Å². The van der Waals surface area contributed by atoms with E-state index in [-0.39, 0.29) is 6.61 Å². The summed E-state index contributed by atoms with van der Waals surface area (Å²) in [6.07, 6.45) is -1.06. The van der Waals surface area contributed by atoms with Gasteiger partial charge in [0.25, 0.3) is 0 Å². The molecule has 0 radical (unpaired) electrons. The quantitative estimate of drug-likeness (QED) is 0.460. The first-order valence-electron chi connectivity index (χ1n) is 8.45. The fourth-order valence-corrected chi connectivity index (χ4v) is 2.36. The standard InChI is InChI=1S/C20H18F3N3O2/c1-14(26-28-11-15-2-6-17(7-3-15)20(21,22)23)16-4-8-19(9-5-16)27-12-18-10-24-13-25-18/h2-10,13H,11-12H2,1H3,(H,24,25)/b26-14+. The maximum atomic E-state index is 12.5. The molecular weight excluding hydrogens is 371 g/mol. The van der Waals surface area contributed by atoms with Crippen LogP contribution in [0.15, 0.2) is 66.2 Å². The van der Waals surface area contributed by atoms with Crippen molar-refractivity contribution < 1.29 is 22.7 Å². The van der Waals surface area contributed by atoms with Crippen LogP contribution in [0.4, 0.5) is 13.2 Å². The van der Waals surface area contributed by atoms with Gasteiger partial charge in [0.05, 0.1) is 29.5 Å². The van der Waals surface area contributed by atoms with E-state index in [1.807, 2.05) is 24.3 Å². The SMILES string of the molecule is C/C(=N\OCc1ccc(C(F)(F)F)cc1)c1ccc(OCc2cnc[nH]2)cc1. The van der Waals surface area contributed by atoms with Gasteiger partial charge in [0.2, 0.25) is 0 Å². The van der Waals surface area contributed by atoms with Crippen molar-refractivity contribution in [1.29, 1.82) is 0 Å². The van der Waals surface area contributed by atoms with E-state index in [2.05, 4.69) is 15.1 Å². The summed E-state index contributed by atoms with van der Waals surface area (Å²) in [7, 11) is 0. The summed E-state index contributed by atoms with van der Waals surface area (Å²) in [6, 6.07) is 12.1. The molecule has 1 aromatic heterocycles. The molecular formula is C20H18F3N3O2. The van der Waals surface area contributed by atoms with Crippen LogP contribution in [0.1, 0.15) is 29.3 Å². The van der Waals surface area contributed by atoms with Crippen LogP contribution in [-0.4, -0.2) is 15.7 Å². The Balaban J connectivity index is 1.51. The van der Waals surface area contributed by atoms with Crippen molar-refractivity contribution in [3.8, 4) is 5.75 Å². The molecule has 1 N–H and O–H groups in total. The Morgan fingerprint density at radius 1 is 1.04 bits per heavy atom. The minimum Gasteiger partial charge on any atom is -0.487 e.